The Bertz CT molecular complexity index is 1620. The number of methoxy groups -OCH3 is 1. The zero-order chi connectivity index (χ0) is 23.7. The van der Waals surface area contributed by atoms with Crippen molar-refractivity contribution in [2.24, 2.45) is 5.10 Å². The van der Waals surface area contributed by atoms with E-state index in [0.29, 0.717) is 33.4 Å². The minimum Gasteiger partial charge on any atom is -0.497 e. The number of ether oxygens (including phenoxy) is 1. The summed E-state index contributed by atoms with van der Waals surface area (Å²) in [7, 11) is 1.57. The minimum absolute atomic E-state index is 0.114. The van der Waals surface area contributed by atoms with Gasteiger partial charge < -0.3 is 9.15 Å². The molecule has 0 amide bonds. The van der Waals surface area contributed by atoms with Gasteiger partial charge in [-0.05, 0) is 48.5 Å². The maximum absolute atomic E-state index is 13.4. The van der Waals surface area contributed by atoms with Crippen LogP contribution >= 0.6 is 11.6 Å². The lowest BCUT2D eigenvalue weighted by atomic mass is 10.2. The maximum atomic E-state index is 13.4. The first-order chi connectivity index (χ1) is 16.5. The summed E-state index contributed by atoms with van der Waals surface area (Å²) in [6, 6.07) is 22.7. The monoisotopic (exact) mass is 472 g/mol. The molecular weight excluding hydrogens is 456 g/mol. The highest BCUT2D eigenvalue weighted by atomic mass is 35.5. The standard InChI is InChI=1S/C25H17ClN4O4/c1-33-17-12-10-16(11-13-17)28-29-22(26)24(31)30-20-8-4-3-7-19(20)27-23(30)18-14-15-6-2-5-9-21(15)34-25(18)32/h2-14,28H,1H3/b29-22-. The molecule has 5 rings (SSSR count). The van der Waals surface area contributed by atoms with E-state index in [1.165, 1.54) is 4.57 Å². The van der Waals surface area contributed by atoms with E-state index in [1.54, 1.807) is 73.8 Å². The van der Waals surface area contributed by atoms with Crippen LogP contribution in [0.4, 0.5) is 5.69 Å². The number of benzene rings is 3. The van der Waals surface area contributed by atoms with Gasteiger partial charge in [-0.25, -0.2) is 9.78 Å². The van der Waals surface area contributed by atoms with E-state index >= 15 is 0 Å². The molecule has 0 atom stereocenters. The molecule has 0 aliphatic rings. The second-order valence-electron chi connectivity index (χ2n) is 7.29. The highest BCUT2D eigenvalue weighted by Crippen LogP contribution is 2.26. The van der Waals surface area contributed by atoms with Crippen LogP contribution in [-0.2, 0) is 0 Å². The van der Waals surface area contributed by atoms with Crippen molar-refractivity contribution in [1.82, 2.24) is 9.55 Å². The van der Waals surface area contributed by atoms with Crippen molar-refractivity contribution in [1.29, 1.82) is 0 Å². The van der Waals surface area contributed by atoms with Gasteiger partial charge in [-0.15, -0.1) is 0 Å². The third-order valence-electron chi connectivity index (χ3n) is 5.20. The molecule has 34 heavy (non-hydrogen) atoms. The second kappa shape index (κ2) is 8.84. The number of hydrazone groups is 1. The number of anilines is 1. The lowest BCUT2D eigenvalue weighted by Gasteiger charge is -2.08. The summed E-state index contributed by atoms with van der Waals surface area (Å²) in [5.74, 6) is 0.142. The largest absolute Gasteiger partial charge is 0.497 e. The van der Waals surface area contributed by atoms with Crippen LogP contribution in [0.3, 0.4) is 0 Å². The molecule has 2 aromatic heterocycles. The fourth-order valence-corrected chi connectivity index (χ4v) is 3.68. The summed E-state index contributed by atoms with van der Waals surface area (Å²) in [5.41, 5.74) is 4.31. The van der Waals surface area contributed by atoms with E-state index < -0.39 is 11.5 Å². The van der Waals surface area contributed by atoms with E-state index in [-0.39, 0.29) is 16.6 Å². The summed E-state index contributed by atoms with van der Waals surface area (Å²) in [6.07, 6.45) is 0. The maximum Gasteiger partial charge on any atom is 0.347 e. The van der Waals surface area contributed by atoms with E-state index in [0.717, 1.165) is 0 Å². The molecule has 0 aliphatic carbocycles. The van der Waals surface area contributed by atoms with Crippen LogP contribution in [0.5, 0.6) is 5.75 Å². The third-order valence-corrected chi connectivity index (χ3v) is 5.44. The van der Waals surface area contributed by atoms with E-state index in [1.807, 2.05) is 12.1 Å². The predicted octanol–water partition coefficient (Wildman–Crippen LogP) is 5.12. The molecule has 0 saturated carbocycles. The highest BCUT2D eigenvalue weighted by Gasteiger charge is 2.24. The van der Waals surface area contributed by atoms with Crippen LogP contribution in [0, 0.1) is 0 Å². The quantitative estimate of drug-likeness (QED) is 0.216. The summed E-state index contributed by atoms with van der Waals surface area (Å²) < 4.78 is 11.8. The highest BCUT2D eigenvalue weighted by molar-refractivity contribution is 6.83. The van der Waals surface area contributed by atoms with Gasteiger partial charge in [-0.3, -0.25) is 14.8 Å². The smallest absolute Gasteiger partial charge is 0.347 e. The first-order valence-corrected chi connectivity index (χ1v) is 10.6. The van der Waals surface area contributed by atoms with Crippen LogP contribution in [0.2, 0.25) is 0 Å². The second-order valence-corrected chi connectivity index (χ2v) is 7.65. The summed E-state index contributed by atoms with van der Waals surface area (Å²) in [5, 5.41) is 4.37. The molecule has 2 heterocycles. The van der Waals surface area contributed by atoms with Gasteiger partial charge >= 0.3 is 5.63 Å². The Morgan fingerprint density at radius 1 is 1.06 bits per heavy atom. The zero-order valence-electron chi connectivity index (χ0n) is 17.9. The number of aromatic nitrogens is 2. The molecule has 0 radical (unpaired) electrons. The average Bonchev–Trinajstić information content (AvgIpc) is 3.26. The Morgan fingerprint density at radius 3 is 2.59 bits per heavy atom. The van der Waals surface area contributed by atoms with Crippen molar-refractivity contribution in [3.8, 4) is 17.1 Å². The molecular formula is C25H17ClN4O4. The molecule has 0 saturated heterocycles. The van der Waals surface area contributed by atoms with Gasteiger partial charge in [0.25, 0.3) is 5.91 Å². The SMILES string of the molecule is COc1ccc(N/N=C(\Cl)C(=O)n2c(-c3cc4ccccc4oc3=O)nc3ccccc32)cc1. The number of para-hydroxylation sites is 3. The summed E-state index contributed by atoms with van der Waals surface area (Å²) in [6.45, 7) is 0. The number of nitrogens with zero attached hydrogens (tertiary/aromatic N) is 3. The third kappa shape index (κ3) is 3.91. The van der Waals surface area contributed by atoms with Crippen LogP contribution < -0.4 is 15.8 Å². The van der Waals surface area contributed by atoms with E-state index in [2.05, 4.69) is 15.5 Å². The Hall–Kier alpha value is -4.43. The number of nitrogens with one attached hydrogen (secondary N) is 1. The summed E-state index contributed by atoms with van der Waals surface area (Å²) in [4.78, 5) is 30.7. The van der Waals surface area contributed by atoms with Crippen molar-refractivity contribution in [3.05, 3.63) is 89.3 Å². The molecule has 1 N–H and O–H groups in total. The first-order valence-electron chi connectivity index (χ1n) is 10.2. The molecule has 3 aromatic carbocycles. The number of carbonyl (C=O) groups is 1. The van der Waals surface area contributed by atoms with Crippen LogP contribution in [0.25, 0.3) is 33.4 Å². The van der Waals surface area contributed by atoms with Crippen molar-refractivity contribution in [2.45, 2.75) is 0 Å². The van der Waals surface area contributed by atoms with E-state index in [4.69, 9.17) is 20.8 Å². The molecule has 168 valence electrons. The van der Waals surface area contributed by atoms with Crippen LogP contribution in [0.1, 0.15) is 4.79 Å². The number of carbonyl (C=O) groups excluding carboxylic acids is 1. The minimum atomic E-state index is -0.654. The van der Waals surface area contributed by atoms with Crippen molar-refractivity contribution >= 4 is 50.4 Å². The number of hydrogen-bond acceptors (Lipinski definition) is 7. The van der Waals surface area contributed by atoms with Crippen LogP contribution in [-0.4, -0.2) is 27.7 Å². The Kier molecular flexibility index (Phi) is 5.57. The topological polar surface area (TPSA) is 98.7 Å². The predicted molar refractivity (Wildman–Crippen MR) is 132 cm³/mol. The molecule has 0 fully saturated rings. The fourth-order valence-electron chi connectivity index (χ4n) is 3.55. The van der Waals surface area contributed by atoms with Gasteiger partial charge in [0.1, 0.15) is 16.9 Å². The molecule has 0 bridgehead atoms. The number of rotatable bonds is 5. The Balaban J connectivity index is 1.59. The van der Waals surface area contributed by atoms with Crippen molar-refractivity contribution < 1.29 is 13.9 Å². The number of halogens is 1. The van der Waals surface area contributed by atoms with Crippen LogP contribution in [0.15, 0.2) is 93.2 Å². The number of fused-ring (bicyclic) bond motifs is 2. The lowest BCUT2D eigenvalue weighted by Crippen LogP contribution is -2.21. The molecule has 0 aliphatic heterocycles. The van der Waals surface area contributed by atoms with Gasteiger partial charge in [-0.1, -0.05) is 41.9 Å². The fraction of sp³-hybridized carbons (Fsp3) is 0.0400. The molecule has 5 aromatic rings. The zero-order valence-corrected chi connectivity index (χ0v) is 18.6. The molecule has 8 nitrogen and oxygen atoms in total. The summed E-state index contributed by atoms with van der Waals surface area (Å²) >= 11 is 6.29. The van der Waals surface area contributed by atoms with E-state index in [9.17, 15) is 9.59 Å². The van der Waals surface area contributed by atoms with Crippen molar-refractivity contribution in [3.63, 3.8) is 0 Å². The molecule has 0 unspecified atom stereocenters. The molecule has 0 spiro atoms. The molecule has 9 heteroatoms. The van der Waals surface area contributed by atoms with Gasteiger partial charge in [0, 0.05) is 5.39 Å². The number of imidazole rings is 1. The number of hydrogen-bond donors (Lipinski definition) is 1. The van der Waals surface area contributed by atoms with Gasteiger partial charge in [0.15, 0.2) is 5.82 Å². The van der Waals surface area contributed by atoms with Crippen molar-refractivity contribution in [2.75, 3.05) is 12.5 Å². The Labute approximate surface area is 198 Å². The normalized spacial score (nSPS) is 11.6. The van der Waals surface area contributed by atoms with Gasteiger partial charge in [0.05, 0.1) is 23.8 Å². The average molecular weight is 473 g/mol. The lowest BCUT2D eigenvalue weighted by molar-refractivity contribution is 0.0999. The first kappa shape index (κ1) is 21.4. The van der Waals surface area contributed by atoms with Gasteiger partial charge in [-0.2, -0.15) is 5.10 Å². The Morgan fingerprint density at radius 2 is 1.79 bits per heavy atom. The van der Waals surface area contributed by atoms with Gasteiger partial charge in [0.2, 0.25) is 5.17 Å².